The summed E-state index contributed by atoms with van der Waals surface area (Å²) < 4.78 is 0. The van der Waals surface area contributed by atoms with Gasteiger partial charge in [0.25, 0.3) is 0 Å². The van der Waals surface area contributed by atoms with Gasteiger partial charge >= 0.3 is 0 Å². The van der Waals surface area contributed by atoms with Crippen molar-refractivity contribution >= 4 is 12.2 Å². The van der Waals surface area contributed by atoms with Gasteiger partial charge in [0, 0.05) is 32.5 Å². The Morgan fingerprint density at radius 2 is 2.21 bits per heavy atom. The van der Waals surface area contributed by atoms with E-state index in [4.69, 9.17) is 0 Å². The molecule has 0 aromatic carbocycles. The molecule has 1 rings (SSSR count). The van der Waals surface area contributed by atoms with Gasteiger partial charge in [-0.1, -0.05) is 13.8 Å². The first kappa shape index (κ1) is 11.2. The number of hydrogen-bond donors (Lipinski definition) is 0. The predicted molar refractivity (Wildman–Crippen MR) is 53.4 cm³/mol. The van der Waals surface area contributed by atoms with Crippen molar-refractivity contribution in [3.63, 3.8) is 0 Å². The number of hydrazine groups is 1. The summed E-state index contributed by atoms with van der Waals surface area (Å²) in [7, 11) is 1.92. The third kappa shape index (κ3) is 2.12. The summed E-state index contributed by atoms with van der Waals surface area (Å²) >= 11 is 0. The van der Waals surface area contributed by atoms with Crippen molar-refractivity contribution in [3.05, 3.63) is 0 Å². The summed E-state index contributed by atoms with van der Waals surface area (Å²) in [5.41, 5.74) is 0. The quantitative estimate of drug-likeness (QED) is 0.624. The van der Waals surface area contributed by atoms with E-state index in [0.717, 1.165) is 6.29 Å². The van der Waals surface area contributed by atoms with Crippen LogP contribution in [0.5, 0.6) is 0 Å². The Bertz CT molecular complexity index is 228. The van der Waals surface area contributed by atoms with Crippen LogP contribution in [0.1, 0.15) is 26.7 Å². The average Bonchev–Trinajstić information content (AvgIpc) is 2.40. The molecule has 1 aliphatic rings. The zero-order valence-electron chi connectivity index (χ0n) is 9.06. The third-order valence-corrected chi connectivity index (χ3v) is 2.76. The zero-order valence-corrected chi connectivity index (χ0v) is 9.06. The van der Waals surface area contributed by atoms with Crippen molar-refractivity contribution < 1.29 is 9.59 Å². The Morgan fingerprint density at radius 1 is 1.57 bits per heavy atom. The molecule has 0 bridgehead atoms. The van der Waals surface area contributed by atoms with E-state index in [2.05, 4.69) is 13.8 Å². The number of aldehydes is 1. The zero-order chi connectivity index (χ0) is 10.7. The molecule has 1 saturated heterocycles. The topological polar surface area (TPSA) is 40.6 Å². The summed E-state index contributed by atoms with van der Waals surface area (Å²) in [5, 5.41) is 3.65. The molecule has 0 N–H and O–H groups in total. The van der Waals surface area contributed by atoms with Crippen LogP contribution in [0.15, 0.2) is 0 Å². The van der Waals surface area contributed by atoms with Gasteiger partial charge in [-0.25, -0.2) is 5.01 Å². The molecule has 0 radical (unpaired) electrons. The minimum Gasteiger partial charge on any atom is -0.303 e. The molecule has 0 aromatic heterocycles. The molecule has 1 atom stereocenters. The first-order chi connectivity index (χ1) is 6.57. The van der Waals surface area contributed by atoms with E-state index < -0.39 is 0 Å². The number of hydrogen-bond acceptors (Lipinski definition) is 3. The van der Waals surface area contributed by atoms with Crippen LogP contribution < -0.4 is 0 Å². The smallest absolute Gasteiger partial charge is 0.238 e. The Hall–Kier alpha value is -0.900. The lowest BCUT2D eigenvalue weighted by atomic mass is 10.0. The molecule has 0 saturated carbocycles. The van der Waals surface area contributed by atoms with Gasteiger partial charge in [0.2, 0.25) is 5.91 Å². The molecule has 4 heteroatoms. The maximum absolute atomic E-state index is 11.6. The summed E-state index contributed by atoms with van der Waals surface area (Å²) in [6.45, 7) is 4.73. The van der Waals surface area contributed by atoms with Gasteiger partial charge in [-0.15, -0.1) is 0 Å². The molecule has 0 aromatic rings. The normalized spacial score (nSPS) is 23.6. The van der Waals surface area contributed by atoms with Crippen LogP contribution >= 0.6 is 0 Å². The van der Waals surface area contributed by atoms with E-state index >= 15 is 0 Å². The number of rotatable bonds is 4. The second kappa shape index (κ2) is 4.55. The van der Waals surface area contributed by atoms with Crippen LogP contribution in [-0.2, 0) is 9.59 Å². The molecule has 0 aliphatic carbocycles. The van der Waals surface area contributed by atoms with Crippen LogP contribution in [0.3, 0.4) is 0 Å². The molecule has 1 heterocycles. The van der Waals surface area contributed by atoms with Crippen LogP contribution in [0.25, 0.3) is 0 Å². The van der Waals surface area contributed by atoms with Crippen LogP contribution in [0.4, 0.5) is 0 Å². The van der Waals surface area contributed by atoms with Crippen molar-refractivity contribution in [3.8, 4) is 0 Å². The second-order valence-electron chi connectivity index (χ2n) is 4.06. The van der Waals surface area contributed by atoms with Crippen LogP contribution in [-0.4, -0.2) is 41.8 Å². The number of carbonyl (C=O) groups is 2. The monoisotopic (exact) mass is 198 g/mol. The van der Waals surface area contributed by atoms with Gasteiger partial charge in [0.1, 0.15) is 6.29 Å². The second-order valence-corrected chi connectivity index (χ2v) is 4.06. The van der Waals surface area contributed by atoms with Gasteiger partial charge in [-0.3, -0.25) is 9.80 Å². The maximum atomic E-state index is 11.6. The Balaban J connectivity index is 2.60. The van der Waals surface area contributed by atoms with Crippen LogP contribution in [0, 0.1) is 5.92 Å². The summed E-state index contributed by atoms with van der Waals surface area (Å²) in [5.74, 6) is 0.596. The maximum Gasteiger partial charge on any atom is 0.238 e. The summed E-state index contributed by atoms with van der Waals surface area (Å²) in [6.07, 6.45) is 1.84. The van der Waals surface area contributed by atoms with Crippen LogP contribution in [0.2, 0.25) is 0 Å². The molecule has 1 aliphatic heterocycles. The fourth-order valence-electron chi connectivity index (χ4n) is 1.90. The molecule has 1 amide bonds. The van der Waals surface area contributed by atoms with Crippen molar-refractivity contribution in [2.75, 3.05) is 13.6 Å². The Kier molecular flexibility index (Phi) is 3.63. The van der Waals surface area contributed by atoms with E-state index in [9.17, 15) is 9.59 Å². The average molecular weight is 198 g/mol. The number of nitrogens with zero attached hydrogens (tertiary/aromatic N) is 2. The summed E-state index contributed by atoms with van der Waals surface area (Å²) in [6, 6.07) is 0.286. The van der Waals surface area contributed by atoms with Crippen molar-refractivity contribution in [1.82, 2.24) is 10.0 Å². The molecule has 14 heavy (non-hydrogen) atoms. The highest BCUT2D eigenvalue weighted by molar-refractivity contribution is 5.78. The Labute approximate surface area is 84.8 Å². The standard InChI is InChI=1S/C10H18N2O2/c1-8(2)9-7-10(14)12(11(9)3)5-4-6-13/h6,8-9H,4-5,7H2,1-3H3. The summed E-state index contributed by atoms with van der Waals surface area (Å²) in [4.78, 5) is 21.8. The minimum atomic E-state index is 0.132. The van der Waals surface area contributed by atoms with E-state index in [0.29, 0.717) is 25.3 Å². The predicted octanol–water partition coefficient (Wildman–Crippen LogP) is 0.679. The lowest BCUT2D eigenvalue weighted by molar-refractivity contribution is -0.137. The molecule has 80 valence electrons. The molecule has 1 fully saturated rings. The van der Waals surface area contributed by atoms with E-state index in [-0.39, 0.29) is 11.9 Å². The van der Waals surface area contributed by atoms with Crippen molar-refractivity contribution in [2.24, 2.45) is 5.92 Å². The number of carbonyl (C=O) groups excluding carboxylic acids is 2. The van der Waals surface area contributed by atoms with Crippen molar-refractivity contribution in [1.29, 1.82) is 0 Å². The van der Waals surface area contributed by atoms with Gasteiger partial charge in [-0.2, -0.15) is 0 Å². The van der Waals surface area contributed by atoms with E-state index in [1.165, 1.54) is 0 Å². The highest BCUT2D eigenvalue weighted by atomic mass is 16.2. The SMILES string of the molecule is CC(C)C1CC(=O)N(CCC=O)N1C. The lowest BCUT2D eigenvalue weighted by Gasteiger charge is -2.29. The highest BCUT2D eigenvalue weighted by Gasteiger charge is 2.35. The van der Waals surface area contributed by atoms with Gasteiger partial charge in [0.05, 0.1) is 0 Å². The largest absolute Gasteiger partial charge is 0.303 e. The fraction of sp³-hybridized carbons (Fsp3) is 0.800. The molecular weight excluding hydrogens is 180 g/mol. The highest BCUT2D eigenvalue weighted by Crippen LogP contribution is 2.23. The Morgan fingerprint density at radius 3 is 2.64 bits per heavy atom. The van der Waals surface area contributed by atoms with E-state index in [1.807, 2.05) is 12.1 Å². The molecular formula is C10H18N2O2. The minimum absolute atomic E-state index is 0.132. The number of amides is 1. The first-order valence-electron chi connectivity index (χ1n) is 5.04. The van der Waals surface area contributed by atoms with E-state index in [1.54, 1.807) is 5.01 Å². The molecule has 1 unspecified atom stereocenters. The van der Waals surface area contributed by atoms with Gasteiger partial charge in [-0.05, 0) is 5.92 Å². The lowest BCUT2D eigenvalue weighted by Crippen LogP contribution is -2.41. The molecule has 4 nitrogen and oxygen atoms in total. The molecule has 0 spiro atoms. The van der Waals surface area contributed by atoms with Gasteiger partial charge < -0.3 is 4.79 Å². The van der Waals surface area contributed by atoms with Crippen molar-refractivity contribution in [2.45, 2.75) is 32.7 Å². The third-order valence-electron chi connectivity index (χ3n) is 2.76. The fourth-order valence-corrected chi connectivity index (χ4v) is 1.90. The van der Waals surface area contributed by atoms with Gasteiger partial charge in [0.15, 0.2) is 0 Å². The first-order valence-corrected chi connectivity index (χ1v) is 5.04.